The van der Waals surface area contributed by atoms with Gasteiger partial charge in [-0.25, -0.2) is 4.98 Å². The second-order valence-electron chi connectivity index (χ2n) is 5.60. The summed E-state index contributed by atoms with van der Waals surface area (Å²) in [6.45, 7) is 3.11. The van der Waals surface area contributed by atoms with Gasteiger partial charge in [0.1, 0.15) is 11.3 Å². The Hall–Kier alpha value is -1.61. The molecule has 100 valence electrons. The number of benzene rings is 1. The van der Waals surface area contributed by atoms with Crippen LogP contribution in [-0.4, -0.2) is 17.6 Å². The topological polar surface area (TPSA) is 34.1 Å². The van der Waals surface area contributed by atoms with Crippen molar-refractivity contribution in [1.82, 2.24) is 10.3 Å². The Kier molecular flexibility index (Phi) is 3.15. The number of nitrogens with zero attached hydrogens (tertiary/aromatic N) is 1. The minimum absolute atomic E-state index is 0.317. The van der Waals surface area contributed by atoms with E-state index in [1.807, 2.05) is 12.1 Å². The third-order valence-electron chi connectivity index (χ3n) is 4.11. The molecule has 1 heterocycles. The highest BCUT2D eigenvalue weighted by atomic mass is 16.5. The van der Waals surface area contributed by atoms with E-state index in [0.717, 1.165) is 28.9 Å². The first-order chi connectivity index (χ1) is 9.20. The molecule has 1 fully saturated rings. The molecule has 0 bridgehead atoms. The summed E-state index contributed by atoms with van der Waals surface area (Å²) in [5, 5.41) is 4.73. The molecule has 0 spiro atoms. The van der Waals surface area contributed by atoms with Gasteiger partial charge in [0, 0.05) is 17.5 Å². The van der Waals surface area contributed by atoms with Crippen LogP contribution in [0.3, 0.4) is 0 Å². The molecule has 3 nitrogen and oxygen atoms in total. The molecule has 1 saturated carbocycles. The summed E-state index contributed by atoms with van der Waals surface area (Å²) in [7, 11) is 1.69. The molecule has 3 rings (SSSR count). The van der Waals surface area contributed by atoms with Crippen LogP contribution in [0.2, 0.25) is 0 Å². The predicted octanol–water partition coefficient (Wildman–Crippen LogP) is 3.28. The zero-order valence-corrected chi connectivity index (χ0v) is 11.6. The van der Waals surface area contributed by atoms with Gasteiger partial charge in [-0.05, 0) is 38.3 Å². The monoisotopic (exact) mass is 256 g/mol. The van der Waals surface area contributed by atoms with E-state index in [0.29, 0.717) is 5.54 Å². The van der Waals surface area contributed by atoms with Gasteiger partial charge in [0.25, 0.3) is 0 Å². The van der Waals surface area contributed by atoms with Crippen LogP contribution in [0.5, 0.6) is 5.75 Å². The van der Waals surface area contributed by atoms with E-state index in [4.69, 9.17) is 9.72 Å². The number of pyridine rings is 1. The van der Waals surface area contributed by atoms with E-state index in [9.17, 15) is 0 Å². The van der Waals surface area contributed by atoms with Crippen molar-refractivity contribution in [1.29, 1.82) is 0 Å². The van der Waals surface area contributed by atoms with Crippen LogP contribution in [0.15, 0.2) is 30.3 Å². The summed E-state index contributed by atoms with van der Waals surface area (Å²) in [5.41, 5.74) is 2.34. The molecule has 0 radical (unpaired) electrons. The summed E-state index contributed by atoms with van der Waals surface area (Å²) >= 11 is 0. The lowest BCUT2D eigenvalue weighted by atomic mass is 9.78. The Bertz CT molecular complexity index is 590. The number of nitrogens with one attached hydrogen (secondary N) is 1. The maximum Gasteiger partial charge on any atom is 0.145 e. The number of rotatable bonds is 4. The quantitative estimate of drug-likeness (QED) is 0.911. The summed E-state index contributed by atoms with van der Waals surface area (Å²) in [6, 6.07) is 10.2. The highest BCUT2D eigenvalue weighted by Gasteiger charge is 2.30. The number of para-hydroxylation sites is 1. The summed E-state index contributed by atoms with van der Waals surface area (Å²) in [5.74, 6) is 0.842. The lowest BCUT2D eigenvalue weighted by Crippen LogP contribution is -2.47. The predicted molar refractivity (Wildman–Crippen MR) is 77.4 cm³/mol. The van der Waals surface area contributed by atoms with Crippen molar-refractivity contribution >= 4 is 10.9 Å². The van der Waals surface area contributed by atoms with Gasteiger partial charge in [-0.2, -0.15) is 0 Å². The molecule has 0 saturated heterocycles. The average Bonchev–Trinajstić information content (AvgIpc) is 2.42. The van der Waals surface area contributed by atoms with E-state index >= 15 is 0 Å². The number of ether oxygens (including phenoxy) is 1. The fraction of sp³-hybridized carbons (Fsp3) is 0.438. The van der Waals surface area contributed by atoms with E-state index in [2.05, 4.69) is 30.4 Å². The van der Waals surface area contributed by atoms with Crippen molar-refractivity contribution < 1.29 is 4.74 Å². The van der Waals surface area contributed by atoms with Crippen molar-refractivity contribution in [2.45, 2.75) is 38.3 Å². The molecular weight excluding hydrogens is 236 g/mol. The zero-order valence-electron chi connectivity index (χ0n) is 11.6. The number of hydrogen-bond acceptors (Lipinski definition) is 3. The molecule has 0 aliphatic heterocycles. The van der Waals surface area contributed by atoms with Crippen molar-refractivity contribution in [2.24, 2.45) is 0 Å². The fourth-order valence-electron chi connectivity index (χ4n) is 2.61. The first-order valence-corrected chi connectivity index (χ1v) is 6.88. The molecule has 0 amide bonds. The number of aromatic nitrogens is 1. The number of hydrogen-bond donors (Lipinski definition) is 1. The second kappa shape index (κ2) is 4.82. The van der Waals surface area contributed by atoms with Gasteiger partial charge in [-0.3, -0.25) is 0 Å². The van der Waals surface area contributed by atoms with Gasteiger partial charge in [-0.15, -0.1) is 0 Å². The van der Waals surface area contributed by atoms with E-state index in [1.165, 1.54) is 19.3 Å². The molecule has 19 heavy (non-hydrogen) atoms. The van der Waals surface area contributed by atoms with Gasteiger partial charge in [0.15, 0.2) is 0 Å². The van der Waals surface area contributed by atoms with Crippen molar-refractivity contribution in [3.05, 3.63) is 36.0 Å². The Morgan fingerprint density at radius 3 is 2.79 bits per heavy atom. The van der Waals surface area contributed by atoms with Crippen LogP contribution < -0.4 is 10.1 Å². The van der Waals surface area contributed by atoms with Gasteiger partial charge in [0.2, 0.25) is 0 Å². The maximum absolute atomic E-state index is 5.38. The second-order valence-corrected chi connectivity index (χ2v) is 5.60. The molecule has 1 aromatic heterocycles. The van der Waals surface area contributed by atoms with E-state index in [1.54, 1.807) is 7.11 Å². The van der Waals surface area contributed by atoms with Crippen molar-refractivity contribution in [2.75, 3.05) is 7.11 Å². The highest BCUT2D eigenvalue weighted by Crippen LogP contribution is 2.31. The first kappa shape index (κ1) is 12.4. The van der Waals surface area contributed by atoms with Crippen molar-refractivity contribution in [3.63, 3.8) is 0 Å². The Morgan fingerprint density at radius 1 is 1.26 bits per heavy atom. The van der Waals surface area contributed by atoms with Crippen LogP contribution >= 0.6 is 0 Å². The molecule has 1 aliphatic rings. The summed E-state index contributed by atoms with van der Waals surface area (Å²) in [4.78, 5) is 4.72. The maximum atomic E-state index is 5.38. The standard InChI is InChI=1S/C16H20N2O/c1-16(9-4-10-16)17-11-13-8-7-12-5-3-6-14(19-2)15(12)18-13/h3,5-8,17H,4,9-11H2,1-2H3. The van der Waals surface area contributed by atoms with Gasteiger partial charge in [-0.1, -0.05) is 18.2 Å². The fourth-order valence-corrected chi connectivity index (χ4v) is 2.61. The van der Waals surface area contributed by atoms with Crippen LogP contribution in [-0.2, 0) is 6.54 Å². The van der Waals surface area contributed by atoms with Crippen LogP contribution in [0, 0.1) is 0 Å². The summed E-state index contributed by atoms with van der Waals surface area (Å²) < 4.78 is 5.38. The molecule has 1 N–H and O–H groups in total. The first-order valence-electron chi connectivity index (χ1n) is 6.88. The Morgan fingerprint density at radius 2 is 2.11 bits per heavy atom. The van der Waals surface area contributed by atoms with Gasteiger partial charge in [0.05, 0.1) is 12.8 Å². The van der Waals surface area contributed by atoms with E-state index in [-0.39, 0.29) is 0 Å². The minimum atomic E-state index is 0.317. The van der Waals surface area contributed by atoms with Crippen molar-refractivity contribution in [3.8, 4) is 5.75 Å². The normalized spacial score (nSPS) is 17.2. The SMILES string of the molecule is COc1cccc2ccc(CNC3(C)CCC3)nc12. The zero-order chi connectivity index (χ0) is 13.3. The van der Waals surface area contributed by atoms with Crippen LogP contribution in [0.25, 0.3) is 10.9 Å². The van der Waals surface area contributed by atoms with Gasteiger partial charge < -0.3 is 10.1 Å². The number of methoxy groups -OCH3 is 1. The Labute approximate surface area is 114 Å². The molecule has 2 aromatic rings. The highest BCUT2D eigenvalue weighted by molar-refractivity contribution is 5.84. The largest absolute Gasteiger partial charge is 0.494 e. The third-order valence-corrected chi connectivity index (χ3v) is 4.11. The minimum Gasteiger partial charge on any atom is -0.494 e. The smallest absolute Gasteiger partial charge is 0.145 e. The van der Waals surface area contributed by atoms with E-state index < -0.39 is 0 Å². The molecule has 0 unspecified atom stereocenters. The van der Waals surface area contributed by atoms with Gasteiger partial charge >= 0.3 is 0 Å². The Balaban J connectivity index is 1.84. The van der Waals surface area contributed by atoms with Crippen LogP contribution in [0.1, 0.15) is 31.9 Å². The molecular formula is C16H20N2O. The van der Waals surface area contributed by atoms with Crippen LogP contribution in [0.4, 0.5) is 0 Å². The molecule has 1 aromatic carbocycles. The number of fused-ring (bicyclic) bond motifs is 1. The molecule has 1 aliphatic carbocycles. The summed E-state index contributed by atoms with van der Waals surface area (Å²) in [6.07, 6.45) is 3.87. The lowest BCUT2D eigenvalue weighted by Gasteiger charge is -2.39. The lowest BCUT2D eigenvalue weighted by molar-refractivity contribution is 0.206. The average molecular weight is 256 g/mol. The third kappa shape index (κ3) is 2.43. The molecule has 0 atom stereocenters. The molecule has 3 heteroatoms.